The molecule has 0 aliphatic carbocycles. The molecule has 22 heavy (non-hydrogen) atoms. The van der Waals surface area contributed by atoms with Gasteiger partial charge in [-0.25, -0.2) is 0 Å². The second-order valence-electron chi connectivity index (χ2n) is 5.73. The first-order valence-corrected chi connectivity index (χ1v) is 7.47. The highest BCUT2D eigenvalue weighted by Crippen LogP contribution is 2.35. The highest BCUT2D eigenvalue weighted by atomic mass is 16.5. The van der Waals surface area contributed by atoms with Crippen LogP contribution in [0.15, 0.2) is 48.5 Å². The van der Waals surface area contributed by atoms with E-state index < -0.39 is 0 Å². The standard InChI is InChI=1S/C19H18O3/c1-13(20)15-7-8-19-18(11-15)16(10-17(21)12-22-19)9-14-5-3-2-4-6-14/h2-8,11,16H,9-10,12H2,1H3. The fraction of sp³-hybridized carbons (Fsp3) is 0.263. The molecule has 0 radical (unpaired) electrons. The Morgan fingerprint density at radius 2 is 1.95 bits per heavy atom. The highest BCUT2D eigenvalue weighted by molar-refractivity contribution is 5.94. The van der Waals surface area contributed by atoms with Crippen LogP contribution in [-0.4, -0.2) is 18.2 Å². The summed E-state index contributed by atoms with van der Waals surface area (Å²) in [5, 5.41) is 0. The number of ketones is 2. The fourth-order valence-corrected chi connectivity index (χ4v) is 2.90. The van der Waals surface area contributed by atoms with Crippen molar-refractivity contribution >= 4 is 11.6 Å². The Labute approximate surface area is 129 Å². The van der Waals surface area contributed by atoms with Crippen LogP contribution in [0.3, 0.4) is 0 Å². The number of hydrogen-bond donors (Lipinski definition) is 0. The molecule has 0 aromatic heterocycles. The number of fused-ring (bicyclic) bond motifs is 1. The molecule has 0 N–H and O–H groups in total. The van der Waals surface area contributed by atoms with E-state index in [0.29, 0.717) is 12.0 Å². The molecule has 0 bridgehead atoms. The molecule has 0 saturated carbocycles. The zero-order chi connectivity index (χ0) is 15.5. The maximum absolute atomic E-state index is 12.0. The van der Waals surface area contributed by atoms with Gasteiger partial charge < -0.3 is 4.74 Å². The average molecular weight is 294 g/mol. The van der Waals surface area contributed by atoms with Crippen LogP contribution in [-0.2, 0) is 11.2 Å². The second kappa shape index (κ2) is 6.14. The number of carbonyl (C=O) groups excluding carboxylic acids is 2. The Bertz CT molecular complexity index is 704. The van der Waals surface area contributed by atoms with Crippen LogP contribution in [0.25, 0.3) is 0 Å². The van der Waals surface area contributed by atoms with Gasteiger partial charge in [0.05, 0.1) is 0 Å². The minimum Gasteiger partial charge on any atom is -0.486 e. The Morgan fingerprint density at radius 3 is 2.68 bits per heavy atom. The largest absolute Gasteiger partial charge is 0.486 e. The van der Waals surface area contributed by atoms with E-state index in [0.717, 1.165) is 17.7 Å². The minimum absolute atomic E-state index is 0.0248. The fourth-order valence-electron chi connectivity index (χ4n) is 2.90. The zero-order valence-corrected chi connectivity index (χ0v) is 12.5. The van der Waals surface area contributed by atoms with Crippen molar-refractivity contribution in [1.82, 2.24) is 0 Å². The molecule has 1 aliphatic heterocycles. The maximum atomic E-state index is 12.0. The van der Waals surface area contributed by atoms with Crippen molar-refractivity contribution in [3.8, 4) is 5.75 Å². The molecular weight excluding hydrogens is 276 g/mol. The molecule has 112 valence electrons. The molecule has 1 atom stereocenters. The number of benzene rings is 2. The van der Waals surface area contributed by atoms with Gasteiger partial charge in [0.25, 0.3) is 0 Å². The van der Waals surface area contributed by atoms with E-state index >= 15 is 0 Å². The first-order valence-electron chi connectivity index (χ1n) is 7.47. The van der Waals surface area contributed by atoms with E-state index in [1.54, 1.807) is 13.0 Å². The lowest BCUT2D eigenvalue weighted by Crippen LogP contribution is -2.11. The molecule has 2 aromatic rings. The summed E-state index contributed by atoms with van der Waals surface area (Å²) in [6.07, 6.45) is 1.22. The van der Waals surface area contributed by atoms with E-state index in [2.05, 4.69) is 12.1 Å². The summed E-state index contributed by atoms with van der Waals surface area (Å²) in [5.41, 5.74) is 2.80. The summed E-state index contributed by atoms with van der Waals surface area (Å²) < 4.78 is 5.60. The minimum atomic E-state index is 0.0248. The maximum Gasteiger partial charge on any atom is 0.170 e. The molecule has 0 amide bonds. The predicted molar refractivity (Wildman–Crippen MR) is 84.5 cm³/mol. The van der Waals surface area contributed by atoms with Gasteiger partial charge in [-0.1, -0.05) is 30.3 Å². The van der Waals surface area contributed by atoms with Crippen LogP contribution in [0.1, 0.15) is 40.7 Å². The number of ether oxygens (including phenoxy) is 1. The smallest absolute Gasteiger partial charge is 0.170 e. The number of hydrogen-bond acceptors (Lipinski definition) is 3. The van der Waals surface area contributed by atoms with Gasteiger partial charge in [0.2, 0.25) is 0 Å². The lowest BCUT2D eigenvalue weighted by molar-refractivity contribution is -0.121. The number of rotatable bonds is 3. The Morgan fingerprint density at radius 1 is 1.18 bits per heavy atom. The highest BCUT2D eigenvalue weighted by Gasteiger charge is 2.25. The van der Waals surface area contributed by atoms with Crippen LogP contribution in [0, 0.1) is 0 Å². The van der Waals surface area contributed by atoms with Crippen molar-refractivity contribution in [3.05, 3.63) is 65.2 Å². The molecule has 1 unspecified atom stereocenters. The van der Waals surface area contributed by atoms with Gasteiger partial charge in [-0.3, -0.25) is 9.59 Å². The number of carbonyl (C=O) groups is 2. The van der Waals surface area contributed by atoms with E-state index in [4.69, 9.17) is 4.74 Å². The summed E-state index contributed by atoms with van der Waals surface area (Å²) in [6.45, 7) is 1.66. The van der Waals surface area contributed by atoms with Crippen LogP contribution in [0.5, 0.6) is 5.75 Å². The van der Waals surface area contributed by atoms with Gasteiger partial charge in [0.15, 0.2) is 11.6 Å². The van der Waals surface area contributed by atoms with Crippen molar-refractivity contribution < 1.29 is 14.3 Å². The Balaban J connectivity index is 1.99. The van der Waals surface area contributed by atoms with Crippen molar-refractivity contribution in [2.24, 2.45) is 0 Å². The van der Waals surface area contributed by atoms with Crippen molar-refractivity contribution in [3.63, 3.8) is 0 Å². The van der Waals surface area contributed by atoms with Crippen LogP contribution in [0.4, 0.5) is 0 Å². The van der Waals surface area contributed by atoms with E-state index in [1.807, 2.05) is 30.3 Å². The lowest BCUT2D eigenvalue weighted by Gasteiger charge is -2.17. The number of Topliss-reactive ketones (excluding diaryl/α,β-unsaturated/α-hetero) is 2. The average Bonchev–Trinajstić information content (AvgIpc) is 2.67. The zero-order valence-electron chi connectivity index (χ0n) is 12.5. The molecular formula is C19H18O3. The molecule has 0 saturated heterocycles. The first kappa shape index (κ1) is 14.5. The molecule has 1 heterocycles. The van der Waals surface area contributed by atoms with Gasteiger partial charge in [-0.05, 0) is 48.6 Å². The summed E-state index contributed by atoms with van der Waals surface area (Å²) in [4.78, 5) is 23.6. The molecule has 3 nitrogen and oxygen atoms in total. The normalized spacial score (nSPS) is 17.3. The van der Waals surface area contributed by atoms with Crippen LogP contribution >= 0.6 is 0 Å². The van der Waals surface area contributed by atoms with Crippen LogP contribution in [0.2, 0.25) is 0 Å². The van der Waals surface area contributed by atoms with E-state index in [-0.39, 0.29) is 24.1 Å². The quantitative estimate of drug-likeness (QED) is 0.813. The summed E-state index contributed by atoms with van der Waals surface area (Å²) >= 11 is 0. The summed E-state index contributed by atoms with van der Waals surface area (Å²) in [5.74, 6) is 0.891. The van der Waals surface area contributed by atoms with Gasteiger partial charge in [-0.15, -0.1) is 0 Å². The topological polar surface area (TPSA) is 43.4 Å². The molecule has 3 heteroatoms. The van der Waals surface area contributed by atoms with Crippen molar-refractivity contribution in [2.75, 3.05) is 6.61 Å². The Hall–Kier alpha value is -2.42. The SMILES string of the molecule is CC(=O)c1ccc2c(c1)C(Cc1ccccc1)CC(=O)CO2. The third kappa shape index (κ3) is 3.08. The lowest BCUT2D eigenvalue weighted by atomic mass is 9.87. The third-order valence-corrected chi connectivity index (χ3v) is 4.04. The predicted octanol–water partition coefficient (Wildman–Crippen LogP) is 3.57. The van der Waals surface area contributed by atoms with Gasteiger partial charge in [0, 0.05) is 12.0 Å². The van der Waals surface area contributed by atoms with E-state index in [9.17, 15) is 9.59 Å². The van der Waals surface area contributed by atoms with Crippen molar-refractivity contribution in [1.29, 1.82) is 0 Å². The first-order chi connectivity index (χ1) is 10.6. The van der Waals surface area contributed by atoms with Crippen molar-refractivity contribution in [2.45, 2.75) is 25.7 Å². The summed E-state index contributed by atoms with van der Waals surface area (Å²) in [7, 11) is 0. The van der Waals surface area contributed by atoms with Gasteiger partial charge >= 0.3 is 0 Å². The monoisotopic (exact) mass is 294 g/mol. The van der Waals surface area contributed by atoms with E-state index in [1.165, 1.54) is 5.56 Å². The Kier molecular flexibility index (Phi) is 4.05. The molecule has 3 rings (SSSR count). The molecule has 0 spiro atoms. The second-order valence-corrected chi connectivity index (χ2v) is 5.73. The van der Waals surface area contributed by atoms with Gasteiger partial charge in [-0.2, -0.15) is 0 Å². The molecule has 1 aliphatic rings. The summed E-state index contributed by atoms with van der Waals surface area (Å²) in [6, 6.07) is 15.5. The molecule has 2 aromatic carbocycles. The molecule has 0 fully saturated rings. The van der Waals surface area contributed by atoms with Gasteiger partial charge in [0.1, 0.15) is 12.4 Å². The third-order valence-electron chi connectivity index (χ3n) is 4.04. The van der Waals surface area contributed by atoms with Crippen LogP contribution < -0.4 is 4.74 Å².